The Labute approximate surface area is 183 Å². The standard InChI is InChI=1S/C23H33N3O3S/c1-4-22(2,3)16-9-11-23(12-10-16)20(28)26(21(29)24-23)15-19(27)25-13-5-7-17(25)18-8-6-14-30-18/h6,8,14,16-17H,4-5,7,9-13,15H2,1-3H3,(H,24,29). The first-order chi connectivity index (χ1) is 14.3. The van der Waals surface area contributed by atoms with Crippen molar-refractivity contribution in [2.45, 2.75) is 77.3 Å². The van der Waals surface area contributed by atoms with Crippen molar-refractivity contribution in [2.75, 3.05) is 13.1 Å². The zero-order chi connectivity index (χ0) is 21.5. The summed E-state index contributed by atoms with van der Waals surface area (Å²) in [7, 11) is 0. The van der Waals surface area contributed by atoms with Crippen LogP contribution in [0, 0.1) is 11.3 Å². The number of hydrogen-bond acceptors (Lipinski definition) is 4. The summed E-state index contributed by atoms with van der Waals surface area (Å²) in [6.45, 7) is 7.32. The molecule has 1 aromatic heterocycles. The molecule has 6 nitrogen and oxygen atoms in total. The van der Waals surface area contributed by atoms with E-state index in [1.54, 1.807) is 11.3 Å². The summed E-state index contributed by atoms with van der Waals surface area (Å²) in [6, 6.07) is 3.71. The van der Waals surface area contributed by atoms with Gasteiger partial charge in [-0.15, -0.1) is 11.3 Å². The summed E-state index contributed by atoms with van der Waals surface area (Å²) >= 11 is 1.65. The van der Waals surface area contributed by atoms with Crippen molar-refractivity contribution in [1.29, 1.82) is 0 Å². The number of urea groups is 1. The highest BCUT2D eigenvalue weighted by molar-refractivity contribution is 7.10. The van der Waals surface area contributed by atoms with Crippen LogP contribution in [0.25, 0.3) is 0 Å². The van der Waals surface area contributed by atoms with E-state index in [0.717, 1.165) is 37.0 Å². The van der Waals surface area contributed by atoms with Gasteiger partial charge < -0.3 is 10.2 Å². The molecule has 4 rings (SSSR count). The minimum absolute atomic E-state index is 0.0685. The number of likely N-dealkylation sites (tertiary alicyclic amines) is 1. The zero-order valence-corrected chi connectivity index (χ0v) is 19.1. The molecule has 1 unspecified atom stereocenters. The van der Waals surface area contributed by atoms with Crippen LogP contribution in [-0.2, 0) is 9.59 Å². The normalized spacial score (nSPS) is 29.7. The third-order valence-electron chi connectivity index (χ3n) is 7.84. The molecule has 1 atom stereocenters. The van der Waals surface area contributed by atoms with Gasteiger partial charge >= 0.3 is 6.03 Å². The van der Waals surface area contributed by atoms with Crippen LogP contribution in [0.2, 0.25) is 0 Å². The van der Waals surface area contributed by atoms with E-state index in [9.17, 15) is 14.4 Å². The van der Waals surface area contributed by atoms with Crippen molar-refractivity contribution in [2.24, 2.45) is 11.3 Å². The zero-order valence-electron chi connectivity index (χ0n) is 18.3. The first kappa shape index (κ1) is 21.3. The maximum Gasteiger partial charge on any atom is 0.325 e. The van der Waals surface area contributed by atoms with Crippen molar-refractivity contribution in [1.82, 2.24) is 15.1 Å². The van der Waals surface area contributed by atoms with Gasteiger partial charge in [-0.1, -0.05) is 33.3 Å². The lowest BCUT2D eigenvalue weighted by Gasteiger charge is -2.42. The number of amides is 4. The molecule has 7 heteroatoms. The molecular formula is C23H33N3O3S. The van der Waals surface area contributed by atoms with Gasteiger partial charge in [-0.05, 0) is 61.3 Å². The molecule has 1 N–H and O–H groups in total. The molecule has 3 aliphatic rings. The number of thiophene rings is 1. The lowest BCUT2D eigenvalue weighted by molar-refractivity contribution is -0.140. The van der Waals surface area contributed by atoms with Crippen LogP contribution in [0.5, 0.6) is 0 Å². The van der Waals surface area contributed by atoms with Crippen LogP contribution in [0.3, 0.4) is 0 Å². The average Bonchev–Trinajstić information content (AvgIpc) is 3.46. The Morgan fingerprint density at radius 2 is 2.00 bits per heavy atom. The minimum atomic E-state index is -0.810. The maximum atomic E-state index is 13.3. The fourth-order valence-corrected chi connectivity index (χ4v) is 6.28. The molecule has 0 aromatic carbocycles. The molecule has 3 heterocycles. The predicted octanol–water partition coefficient (Wildman–Crippen LogP) is 4.33. The van der Waals surface area contributed by atoms with Crippen LogP contribution < -0.4 is 5.32 Å². The molecule has 2 saturated heterocycles. The van der Waals surface area contributed by atoms with Crippen molar-refractivity contribution in [3.05, 3.63) is 22.4 Å². The van der Waals surface area contributed by atoms with Crippen LogP contribution in [0.1, 0.15) is 76.6 Å². The Hall–Kier alpha value is -1.89. The van der Waals surface area contributed by atoms with Crippen LogP contribution >= 0.6 is 11.3 Å². The van der Waals surface area contributed by atoms with Crippen molar-refractivity contribution < 1.29 is 14.4 Å². The first-order valence-corrected chi connectivity index (χ1v) is 12.1. The Morgan fingerprint density at radius 1 is 1.27 bits per heavy atom. The summed E-state index contributed by atoms with van der Waals surface area (Å²) in [5.74, 6) is 0.220. The monoisotopic (exact) mass is 431 g/mol. The lowest BCUT2D eigenvalue weighted by atomic mass is 9.65. The van der Waals surface area contributed by atoms with Gasteiger partial charge in [0.1, 0.15) is 12.1 Å². The number of nitrogens with zero attached hydrogens (tertiary/aromatic N) is 2. The smallest absolute Gasteiger partial charge is 0.325 e. The topological polar surface area (TPSA) is 69.7 Å². The lowest BCUT2D eigenvalue weighted by Crippen LogP contribution is -2.51. The van der Waals surface area contributed by atoms with Crippen LogP contribution in [-0.4, -0.2) is 46.3 Å². The van der Waals surface area contributed by atoms with Gasteiger partial charge in [0, 0.05) is 11.4 Å². The summed E-state index contributed by atoms with van der Waals surface area (Å²) in [6.07, 6.45) is 6.18. The number of imide groups is 1. The molecule has 0 bridgehead atoms. The fraction of sp³-hybridized carbons (Fsp3) is 0.696. The van der Waals surface area contributed by atoms with Gasteiger partial charge in [-0.2, -0.15) is 0 Å². The minimum Gasteiger partial charge on any atom is -0.333 e. The number of carbonyl (C=O) groups excluding carboxylic acids is 3. The van der Waals surface area contributed by atoms with Crippen LogP contribution in [0.15, 0.2) is 17.5 Å². The van der Waals surface area contributed by atoms with E-state index < -0.39 is 11.6 Å². The van der Waals surface area contributed by atoms with Crippen LogP contribution in [0.4, 0.5) is 4.79 Å². The number of carbonyl (C=O) groups is 3. The van der Waals surface area contributed by atoms with Crippen molar-refractivity contribution >= 4 is 29.2 Å². The second kappa shape index (κ2) is 7.98. The average molecular weight is 432 g/mol. The quantitative estimate of drug-likeness (QED) is 0.706. The third kappa shape index (κ3) is 3.66. The molecular weight excluding hydrogens is 398 g/mol. The van der Waals surface area contributed by atoms with E-state index in [4.69, 9.17) is 0 Å². The highest BCUT2D eigenvalue weighted by atomic mass is 32.1. The third-order valence-corrected chi connectivity index (χ3v) is 8.81. The Morgan fingerprint density at radius 3 is 2.63 bits per heavy atom. The van der Waals surface area contributed by atoms with E-state index >= 15 is 0 Å². The summed E-state index contributed by atoms with van der Waals surface area (Å²) in [5, 5.41) is 4.98. The molecule has 1 aromatic rings. The number of rotatable bonds is 5. The Bertz CT molecular complexity index is 812. The van der Waals surface area contributed by atoms with Gasteiger partial charge in [0.2, 0.25) is 5.91 Å². The number of hydrogen-bond donors (Lipinski definition) is 1. The highest BCUT2D eigenvalue weighted by Gasteiger charge is 2.54. The molecule has 1 aliphatic carbocycles. The summed E-state index contributed by atoms with van der Waals surface area (Å²) < 4.78 is 0. The van der Waals surface area contributed by atoms with E-state index in [1.807, 2.05) is 16.3 Å². The summed E-state index contributed by atoms with van der Waals surface area (Å²) in [5.41, 5.74) is -0.564. The van der Waals surface area contributed by atoms with Gasteiger partial charge in [-0.25, -0.2) is 4.79 Å². The van der Waals surface area contributed by atoms with Gasteiger partial charge in [0.25, 0.3) is 5.91 Å². The molecule has 4 amide bonds. The van der Waals surface area contributed by atoms with Gasteiger partial charge in [-0.3, -0.25) is 14.5 Å². The molecule has 3 fully saturated rings. The maximum absolute atomic E-state index is 13.3. The molecule has 30 heavy (non-hydrogen) atoms. The highest BCUT2D eigenvalue weighted by Crippen LogP contribution is 2.45. The van der Waals surface area contributed by atoms with Gasteiger partial charge in [0.15, 0.2) is 0 Å². The Balaban J connectivity index is 1.42. The molecule has 2 aliphatic heterocycles. The van der Waals surface area contributed by atoms with Gasteiger partial charge in [0.05, 0.1) is 6.04 Å². The molecule has 1 saturated carbocycles. The largest absolute Gasteiger partial charge is 0.333 e. The molecule has 164 valence electrons. The first-order valence-electron chi connectivity index (χ1n) is 11.2. The fourth-order valence-electron chi connectivity index (χ4n) is 5.41. The van der Waals surface area contributed by atoms with E-state index in [1.165, 1.54) is 4.88 Å². The van der Waals surface area contributed by atoms with E-state index in [0.29, 0.717) is 25.3 Å². The van der Waals surface area contributed by atoms with Crippen molar-refractivity contribution in [3.8, 4) is 0 Å². The number of nitrogens with one attached hydrogen (secondary N) is 1. The predicted molar refractivity (Wildman–Crippen MR) is 117 cm³/mol. The molecule has 1 spiro atoms. The van der Waals surface area contributed by atoms with Crippen molar-refractivity contribution in [3.63, 3.8) is 0 Å². The second-order valence-electron chi connectivity index (χ2n) is 9.78. The SMILES string of the molecule is CCC(C)(C)C1CCC2(CC1)NC(=O)N(CC(=O)N1CCCC1c1cccs1)C2=O. The van der Waals surface area contributed by atoms with E-state index in [-0.39, 0.29) is 29.8 Å². The Kier molecular flexibility index (Phi) is 5.68. The second-order valence-corrected chi connectivity index (χ2v) is 10.8. The molecule has 0 radical (unpaired) electrons. The summed E-state index contributed by atoms with van der Waals surface area (Å²) in [4.78, 5) is 43.2. The van der Waals surface area contributed by atoms with E-state index in [2.05, 4.69) is 32.2 Å².